The molecule has 0 fully saturated rings. The van der Waals surface area contributed by atoms with E-state index >= 15 is 0 Å². The number of thioether (sulfide) groups is 1. The Bertz CT molecular complexity index is 333. The van der Waals surface area contributed by atoms with Gasteiger partial charge in [-0.05, 0) is 24.3 Å². The maximum Gasteiger partial charge on any atom is 0.0585 e. The second-order valence-corrected chi connectivity index (χ2v) is 5.81. The summed E-state index contributed by atoms with van der Waals surface area (Å²) < 4.78 is 0. The van der Waals surface area contributed by atoms with Gasteiger partial charge in [-0.25, -0.2) is 0 Å². The normalized spacial score (nSPS) is 13.0. The van der Waals surface area contributed by atoms with Crippen LogP contribution in [0.15, 0.2) is 29.2 Å². The van der Waals surface area contributed by atoms with E-state index in [0.717, 1.165) is 22.1 Å². The number of hydrogen-bond donors (Lipinski definition) is 2. The summed E-state index contributed by atoms with van der Waals surface area (Å²) in [5.74, 6) is 0.953. The van der Waals surface area contributed by atoms with Crippen LogP contribution in [0.1, 0.15) is 20.3 Å². The molecule has 0 bridgehead atoms. The number of aliphatic hydroxyl groups excluding tert-OH is 1. The Morgan fingerprint density at radius 3 is 2.65 bits per heavy atom. The zero-order valence-corrected chi connectivity index (χ0v) is 11.9. The summed E-state index contributed by atoms with van der Waals surface area (Å²) in [4.78, 5) is 1.11. The van der Waals surface area contributed by atoms with Gasteiger partial charge in [0.2, 0.25) is 0 Å². The van der Waals surface area contributed by atoms with Crippen LogP contribution in [-0.4, -0.2) is 29.5 Å². The maximum absolute atomic E-state index is 9.23. The predicted molar refractivity (Wildman–Crippen MR) is 75.9 cm³/mol. The fourth-order valence-corrected chi connectivity index (χ4v) is 2.87. The third-order valence-electron chi connectivity index (χ3n) is 2.35. The van der Waals surface area contributed by atoms with E-state index in [4.69, 9.17) is 11.6 Å². The lowest BCUT2D eigenvalue weighted by molar-refractivity contribution is 0.232. The molecule has 0 aromatic heterocycles. The molecular formula is C13H20ClNOS. The van der Waals surface area contributed by atoms with Gasteiger partial charge in [-0.3, -0.25) is 0 Å². The first-order valence-corrected chi connectivity index (χ1v) is 7.24. The fourth-order valence-electron chi connectivity index (χ4n) is 1.57. The van der Waals surface area contributed by atoms with Crippen molar-refractivity contribution in [1.82, 2.24) is 5.32 Å². The highest BCUT2D eigenvalue weighted by Gasteiger charge is 2.08. The number of rotatable bonds is 7. The van der Waals surface area contributed by atoms with Crippen LogP contribution in [0, 0.1) is 0 Å². The minimum atomic E-state index is 0.171. The Kier molecular flexibility index (Phi) is 6.97. The Labute approximate surface area is 113 Å². The van der Waals surface area contributed by atoms with Gasteiger partial charge in [0.25, 0.3) is 0 Å². The minimum absolute atomic E-state index is 0.171. The second kappa shape index (κ2) is 7.98. The molecule has 0 aliphatic carbocycles. The molecule has 2 nitrogen and oxygen atoms in total. The summed E-state index contributed by atoms with van der Waals surface area (Å²) in [7, 11) is 0. The fraction of sp³-hybridized carbons (Fsp3) is 0.538. The van der Waals surface area contributed by atoms with E-state index in [-0.39, 0.29) is 12.6 Å². The lowest BCUT2D eigenvalue weighted by Gasteiger charge is -2.18. The molecule has 0 heterocycles. The van der Waals surface area contributed by atoms with Gasteiger partial charge in [-0.1, -0.05) is 37.6 Å². The van der Waals surface area contributed by atoms with Gasteiger partial charge in [-0.15, -0.1) is 11.8 Å². The van der Waals surface area contributed by atoms with Gasteiger partial charge >= 0.3 is 0 Å². The first-order chi connectivity index (χ1) is 8.13. The summed E-state index contributed by atoms with van der Waals surface area (Å²) >= 11 is 7.81. The number of hydrogen-bond acceptors (Lipinski definition) is 3. The van der Waals surface area contributed by atoms with Gasteiger partial charge in [0.1, 0.15) is 0 Å². The highest BCUT2D eigenvalue weighted by Crippen LogP contribution is 2.27. The van der Waals surface area contributed by atoms with Crippen LogP contribution in [-0.2, 0) is 0 Å². The van der Waals surface area contributed by atoms with Crippen molar-refractivity contribution in [2.45, 2.75) is 37.2 Å². The maximum atomic E-state index is 9.23. The van der Waals surface area contributed by atoms with Crippen molar-refractivity contribution in [1.29, 1.82) is 0 Å². The Morgan fingerprint density at radius 2 is 2.06 bits per heavy atom. The summed E-state index contributed by atoms with van der Waals surface area (Å²) in [5, 5.41) is 13.4. The molecule has 0 radical (unpaired) electrons. The summed E-state index contributed by atoms with van der Waals surface area (Å²) in [6.45, 7) is 4.36. The van der Waals surface area contributed by atoms with E-state index in [1.807, 2.05) is 24.3 Å². The van der Waals surface area contributed by atoms with Crippen LogP contribution < -0.4 is 5.32 Å². The standard InChI is InChI=1S/C13H20ClNOS/c1-10(2)15-11(9-16)7-8-17-13-6-4-3-5-12(13)14/h3-6,10-11,15-16H,7-9H2,1-2H3. The number of aliphatic hydroxyl groups is 1. The largest absolute Gasteiger partial charge is 0.395 e. The molecule has 0 aliphatic rings. The molecule has 0 aliphatic heterocycles. The van der Waals surface area contributed by atoms with E-state index in [9.17, 15) is 5.11 Å². The lowest BCUT2D eigenvalue weighted by Crippen LogP contribution is -2.37. The summed E-state index contributed by atoms with van der Waals surface area (Å²) in [6.07, 6.45) is 0.935. The van der Waals surface area contributed by atoms with E-state index in [1.54, 1.807) is 11.8 Å². The molecule has 1 rings (SSSR count). The number of nitrogens with one attached hydrogen (secondary N) is 1. The van der Waals surface area contributed by atoms with Gasteiger partial charge < -0.3 is 10.4 Å². The molecule has 2 N–H and O–H groups in total. The van der Waals surface area contributed by atoms with Crippen molar-refractivity contribution in [3.05, 3.63) is 29.3 Å². The van der Waals surface area contributed by atoms with Gasteiger partial charge in [-0.2, -0.15) is 0 Å². The molecular weight excluding hydrogens is 254 g/mol. The van der Waals surface area contributed by atoms with Crippen molar-refractivity contribution < 1.29 is 5.11 Å². The van der Waals surface area contributed by atoms with E-state index in [0.29, 0.717) is 6.04 Å². The molecule has 0 spiro atoms. The van der Waals surface area contributed by atoms with E-state index in [1.165, 1.54) is 0 Å². The lowest BCUT2D eigenvalue weighted by atomic mass is 10.2. The molecule has 96 valence electrons. The first-order valence-electron chi connectivity index (χ1n) is 5.87. The third kappa shape index (κ3) is 5.77. The van der Waals surface area contributed by atoms with Crippen molar-refractivity contribution in [2.24, 2.45) is 0 Å². The Balaban J connectivity index is 2.34. The molecule has 0 amide bonds. The second-order valence-electron chi connectivity index (χ2n) is 4.27. The number of benzene rings is 1. The van der Waals surface area contributed by atoms with Crippen molar-refractivity contribution in [2.75, 3.05) is 12.4 Å². The molecule has 1 aromatic rings. The van der Waals surface area contributed by atoms with Crippen LogP contribution in [0.4, 0.5) is 0 Å². The van der Waals surface area contributed by atoms with Gasteiger partial charge in [0, 0.05) is 17.0 Å². The highest BCUT2D eigenvalue weighted by molar-refractivity contribution is 7.99. The van der Waals surface area contributed by atoms with E-state index in [2.05, 4.69) is 19.2 Å². The summed E-state index contributed by atoms with van der Waals surface area (Å²) in [6, 6.07) is 8.42. The minimum Gasteiger partial charge on any atom is -0.395 e. The molecule has 1 aromatic carbocycles. The van der Waals surface area contributed by atoms with E-state index < -0.39 is 0 Å². The average molecular weight is 274 g/mol. The molecule has 0 saturated carbocycles. The predicted octanol–water partition coefficient (Wildman–Crippen LogP) is 3.18. The Hall–Kier alpha value is -0.220. The topological polar surface area (TPSA) is 32.3 Å². The molecule has 17 heavy (non-hydrogen) atoms. The Morgan fingerprint density at radius 1 is 1.35 bits per heavy atom. The van der Waals surface area contributed by atoms with Gasteiger partial charge in [0.05, 0.1) is 11.6 Å². The quantitative estimate of drug-likeness (QED) is 0.749. The highest BCUT2D eigenvalue weighted by atomic mass is 35.5. The zero-order valence-electron chi connectivity index (χ0n) is 10.3. The van der Waals surface area contributed by atoms with Crippen LogP contribution in [0.2, 0.25) is 5.02 Å². The third-order valence-corrected chi connectivity index (χ3v) is 3.90. The van der Waals surface area contributed by atoms with Gasteiger partial charge in [0.15, 0.2) is 0 Å². The van der Waals surface area contributed by atoms with Crippen LogP contribution in [0.3, 0.4) is 0 Å². The zero-order chi connectivity index (χ0) is 12.7. The molecule has 0 saturated heterocycles. The van der Waals surface area contributed by atoms with Crippen molar-refractivity contribution in [3.63, 3.8) is 0 Å². The average Bonchev–Trinajstić information content (AvgIpc) is 2.29. The first kappa shape index (κ1) is 14.8. The van der Waals surface area contributed by atoms with Crippen molar-refractivity contribution in [3.8, 4) is 0 Å². The van der Waals surface area contributed by atoms with Crippen LogP contribution in [0.5, 0.6) is 0 Å². The summed E-state index contributed by atoms with van der Waals surface area (Å²) in [5.41, 5.74) is 0. The monoisotopic (exact) mass is 273 g/mol. The van der Waals surface area contributed by atoms with Crippen LogP contribution in [0.25, 0.3) is 0 Å². The smallest absolute Gasteiger partial charge is 0.0585 e. The SMILES string of the molecule is CC(C)NC(CO)CCSc1ccccc1Cl. The van der Waals surface area contributed by atoms with Crippen molar-refractivity contribution >= 4 is 23.4 Å². The molecule has 4 heteroatoms. The molecule has 1 unspecified atom stereocenters. The number of halogens is 1. The van der Waals surface area contributed by atoms with Crippen LogP contribution >= 0.6 is 23.4 Å². The molecule has 1 atom stereocenters.